The number of fused-ring (bicyclic) bond motifs is 5. The molecule has 234 valence electrons. The zero-order chi connectivity index (χ0) is 29.9. The largest absolute Gasteiger partial charge is 0.461 e. The highest BCUT2D eigenvalue weighted by Crippen LogP contribution is 2.67. The molecule has 5 nitrogen and oxygen atoms in total. The molecule has 0 saturated heterocycles. The van der Waals surface area contributed by atoms with Gasteiger partial charge in [-0.15, -0.1) is 0 Å². The topological polar surface area (TPSA) is 64.6 Å². The molecule has 4 rings (SSSR count). The summed E-state index contributed by atoms with van der Waals surface area (Å²) in [6, 6.07) is -0.616. The molecule has 0 aromatic rings. The second-order valence-corrected chi connectivity index (χ2v) is 15.8. The van der Waals surface area contributed by atoms with Crippen LogP contribution in [0.15, 0.2) is 11.6 Å². The van der Waals surface area contributed by atoms with Crippen molar-refractivity contribution in [3.8, 4) is 0 Å². The Kier molecular flexibility index (Phi) is 10.7. The van der Waals surface area contributed by atoms with E-state index in [-0.39, 0.29) is 35.9 Å². The lowest BCUT2D eigenvalue weighted by molar-refractivity contribution is -0.156. The number of rotatable bonds is 12. The van der Waals surface area contributed by atoms with Crippen molar-refractivity contribution in [2.45, 2.75) is 138 Å². The van der Waals surface area contributed by atoms with Gasteiger partial charge in [-0.05, 0) is 104 Å². The molecule has 4 aliphatic carbocycles. The normalized spacial score (nSPS) is 36.1. The quantitative estimate of drug-likeness (QED) is 0.190. The summed E-state index contributed by atoms with van der Waals surface area (Å²) < 4.78 is 11.1. The standard InChI is InChI=1S/C36H61NO4/c1-23(2)10-9-11-25(5)29-14-15-30-28-13-12-26-21-27(16-18-35(26,6)31(28)17-19-36(29,30)7)41-34(39)32(20-24(3)4)37-33(38)22-40-8/h12,23-25,27-32H,9-11,13-22H2,1-8H3,(H,37,38)/t25?,27-,28-,29?,30-,31-,32?,35-,36+/m0/s1. The number of nitrogens with one attached hydrogen (secondary N) is 1. The van der Waals surface area contributed by atoms with Gasteiger partial charge in [-0.2, -0.15) is 0 Å². The van der Waals surface area contributed by atoms with Gasteiger partial charge in [0.2, 0.25) is 5.91 Å². The van der Waals surface area contributed by atoms with Gasteiger partial charge in [-0.25, -0.2) is 4.79 Å². The van der Waals surface area contributed by atoms with Crippen molar-refractivity contribution in [2.24, 2.45) is 52.3 Å². The Bertz CT molecular complexity index is 942. The molecule has 4 aliphatic rings. The highest BCUT2D eigenvalue weighted by molar-refractivity contribution is 5.85. The monoisotopic (exact) mass is 571 g/mol. The number of carbonyl (C=O) groups is 2. The first-order valence-corrected chi connectivity index (χ1v) is 17.1. The minimum Gasteiger partial charge on any atom is -0.461 e. The average Bonchev–Trinajstić information content (AvgIpc) is 3.25. The Labute approximate surface area is 251 Å². The van der Waals surface area contributed by atoms with Crippen LogP contribution in [0, 0.1) is 52.3 Å². The molecule has 0 radical (unpaired) electrons. The van der Waals surface area contributed by atoms with Crippen LogP contribution in [0.2, 0.25) is 0 Å². The molecule has 3 saturated carbocycles. The maximum atomic E-state index is 13.2. The molecule has 0 aromatic heterocycles. The van der Waals surface area contributed by atoms with Crippen LogP contribution >= 0.6 is 0 Å². The lowest BCUT2D eigenvalue weighted by Crippen LogP contribution is -2.51. The Morgan fingerprint density at radius 1 is 0.976 bits per heavy atom. The SMILES string of the molecule is COCC(=O)NC(CC(C)C)C(=O)O[C@H]1CC[C@@]2(C)C(=CC[C@@H]3[C@@H]2CC[C@]2(C)C(C(C)CCCC(C)C)CC[C@@H]32)C1. The van der Waals surface area contributed by atoms with Crippen molar-refractivity contribution in [1.29, 1.82) is 0 Å². The number of hydrogen-bond acceptors (Lipinski definition) is 4. The molecule has 0 spiro atoms. The fourth-order valence-corrected chi connectivity index (χ4v) is 10.1. The highest BCUT2D eigenvalue weighted by atomic mass is 16.5. The lowest BCUT2D eigenvalue weighted by atomic mass is 9.47. The van der Waals surface area contributed by atoms with Crippen LogP contribution in [0.1, 0.15) is 126 Å². The fourth-order valence-electron chi connectivity index (χ4n) is 10.1. The van der Waals surface area contributed by atoms with Gasteiger partial charge >= 0.3 is 5.97 Å². The predicted molar refractivity (Wildman–Crippen MR) is 166 cm³/mol. The predicted octanol–water partition coefficient (Wildman–Crippen LogP) is 8.12. The molecule has 0 bridgehead atoms. The Hall–Kier alpha value is -1.36. The Morgan fingerprint density at radius 3 is 2.41 bits per heavy atom. The van der Waals surface area contributed by atoms with Gasteiger partial charge in [-0.1, -0.05) is 79.4 Å². The van der Waals surface area contributed by atoms with E-state index in [1.54, 1.807) is 0 Å². The van der Waals surface area contributed by atoms with E-state index in [0.717, 1.165) is 54.8 Å². The maximum Gasteiger partial charge on any atom is 0.328 e. The van der Waals surface area contributed by atoms with Gasteiger partial charge in [0.25, 0.3) is 0 Å². The molecule has 41 heavy (non-hydrogen) atoms. The summed E-state index contributed by atoms with van der Waals surface area (Å²) in [7, 11) is 1.49. The van der Waals surface area contributed by atoms with Crippen LogP contribution in [-0.4, -0.2) is 37.7 Å². The van der Waals surface area contributed by atoms with Gasteiger partial charge in [0.1, 0.15) is 18.8 Å². The minimum atomic E-state index is -0.616. The van der Waals surface area contributed by atoms with Crippen LogP contribution < -0.4 is 5.32 Å². The number of methoxy groups -OCH3 is 1. The summed E-state index contributed by atoms with van der Waals surface area (Å²) >= 11 is 0. The van der Waals surface area contributed by atoms with Gasteiger partial charge in [0.15, 0.2) is 0 Å². The van der Waals surface area contributed by atoms with Gasteiger partial charge in [0.05, 0.1) is 0 Å². The molecule has 0 aliphatic heterocycles. The third kappa shape index (κ3) is 7.07. The average molecular weight is 572 g/mol. The molecule has 1 amide bonds. The zero-order valence-electron chi connectivity index (χ0n) is 27.6. The van der Waals surface area contributed by atoms with Crippen LogP contribution in [-0.2, 0) is 19.1 Å². The minimum absolute atomic E-state index is 0.0447. The summed E-state index contributed by atoms with van der Waals surface area (Å²) in [6.45, 7) is 16.6. The summed E-state index contributed by atoms with van der Waals surface area (Å²) in [6.07, 6.45) is 16.9. The van der Waals surface area contributed by atoms with Crippen LogP contribution in [0.5, 0.6) is 0 Å². The van der Waals surface area contributed by atoms with Crippen LogP contribution in [0.3, 0.4) is 0 Å². The van der Waals surface area contributed by atoms with E-state index in [1.165, 1.54) is 64.0 Å². The first kappa shape index (κ1) is 32.6. The number of hydrogen-bond donors (Lipinski definition) is 1. The van der Waals surface area contributed by atoms with Crippen molar-refractivity contribution in [1.82, 2.24) is 5.32 Å². The summed E-state index contributed by atoms with van der Waals surface area (Å²) in [5, 5.41) is 2.84. The number of esters is 1. The first-order chi connectivity index (χ1) is 19.4. The molecule has 0 aromatic carbocycles. The Balaban J connectivity index is 1.40. The number of carbonyl (C=O) groups excluding carboxylic acids is 2. The van der Waals surface area contributed by atoms with E-state index in [9.17, 15) is 9.59 Å². The molecule has 5 heteroatoms. The zero-order valence-corrected chi connectivity index (χ0v) is 27.6. The molecule has 0 heterocycles. The first-order valence-electron chi connectivity index (χ1n) is 17.1. The fraction of sp³-hybridized carbons (Fsp3) is 0.889. The molecule has 3 unspecified atom stereocenters. The second-order valence-electron chi connectivity index (χ2n) is 15.8. The van der Waals surface area contributed by atoms with E-state index < -0.39 is 6.04 Å². The van der Waals surface area contributed by atoms with E-state index in [4.69, 9.17) is 9.47 Å². The molecule has 9 atom stereocenters. The van der Waals surface area contributed by atoms with Crippen molar-refractivity contribution >= 4 is 11.9 Å². The van der Waals surface area contributed by atoms with Gasteiger partial charge in [0, 0.05) is 13.5 Å². The van der Waals surface area contributed by atoms with Crippen LogP contribution in [0.4, 0.5) is 0 Å². The summed E-state index contributed by atoms with van der Waals surface area (Å²) in [5.41, 5.74) is 2.27. The van der Waals surface area contributed by atoms with E-state index in [0.29, 0.717) is 11.8 Å². The van der Waals surface area contributed by atoms with Gasteiger partial charge in [-0.3, -0.25) is 4.79 Å². The number of ether oxygens (including phenoxy) is 2. The third-order valence-electron chi connectivity index (χ3n) is 12.1. The van der Waals surface area contributed by atoms with Crippen molar-refractivity contribution in [3.05, 3.63) is 11.6 Å². The van der Waals surface area contributed by atoms with E-state index in [2.05, 4.69) is 59.9 Å². The summed E-state index contributed by atoms with van der Waals surface area (Å²) in [4.78, 5) is 25.4. The second kappa shape index (κ2) is 13.5. The van der Waals surface area contributed by atoms with Crippen molar-refractivity contribution < 1.29 is 19.1 Å². The van der Waals surface area contributed by atoms with Gasteiger partial charge < -0.3 is 14.8 Å². The molecular formula is C36H61NO4. The lowest BCUT2D eigenvalue weighted by Gasteiger charge is -2.58. The smallest absolute Gasteiger partial charge is 0.328 e. The molecular weight excluding hydrogens is 510 g/mol. The number of amides is 1. The maximum absolute atomic E-state index is 13.2. The third-order valence-corrected chi connectivity index (χ3v) is 12.1. The summed E-state index contributed by atoms with van der Waals surface area (Å²) in [5.74, 6) is 4.68. The molecule has 1 N–H and O–H groups in total. The molecule has 3 fully saturated rings. The Morgan fingerprint density at radius 2 is 1.73 bits per heavy atom. The highest BCUT2D eigenvalue weighted by Gasteiger charge is 2.59. The number of allylic oxidation sites excluding steroid dienone is 1. The van der Waals surface area contributed by atoms with E-state index >= 15 is 0 Å². The van der Waals surface area contributed by atoms with Crippen molar-refractivity contribution in [2.75, 3.05) is 13.7 Å². The van der Waals surface area contributed by atoms with Crippen LogP contribution in [0.25, 0.3) is 0 Å². The van der Waals surface area contributed by atoms with E-state index in [1.807, 2.05) is 0 Å². The van der Waals surface area contributed by atoms with Crippen molar-refractivity contribution in [3.63, 3.8) is 0 Å².